The van der Waals surface area contributed by atoms with Crippen LogP contribution in [0.4, 0.5) is 15.0 Å². The topological polar surface area (TPSA) is 61.4 Å². The lowest BCUT2D eigenvalue weighted by atomic mass is 10.1. The van der Waals surface area contributed by atoms with Crippen molar-refractivity contribution in [1.82, 2.24) is 20.4 Å². The number of carbonyl (C=O) groups is 1. The first-order valence-electron chi connectivity index (χ1n) is 8.04. The van der Waals surface area contributed by atoms with E-state index in [0.29, 0.717) is 25.3 Å². The Morgan fingerprint density at radius 2 is 2.04 bits per heavy atom. The maximum absolute atomic E-state index is 13.0. The third kappa shape index (κ3) is 3.76. The molecule has 0 unspecified atom stereocenters. The van der Waals surface area contributed by atoms with Gasteiger partial charge < -0.3 is 15.1 Å². The van der Waals surface area contributed by atoms with Crippen molar-refractivity contribution >= 4 is 11.8 Å². The predicted octanol–water partition coefficient (Wildman–Crippen LogP) is 2.30. The Labute approximate surface area is 146 Å². The molecule has 2 aromatic rings. The lowest BCUT2D eigenvalue weighted by Gasteiger charge is -2.44. The van der Waals surface area contributed by atoms with E-state index in [4.69, 9.17) is 0 Å². The van der Waals surface area contributed by atoms with Gasteiger partial charge in [0.1, 0.15) is 5.82 Å². The number of rotatable bonds is 5. The number of nitrogens with one attached hydrogen (secondary N) is 1. The van der Waals surface area contributed by atoms with Crippen molar-refractivity contribution in [3.05, 3.63) is 54.9 Å². The van der Waals surface area contributed by atoms with E-state index in [1.165, 1.54) is 12.1 Å². The van der Waals surface area contributed by atoms with E-state index in [2.05, 4.69) is 27.0 Å². The quantitative estimate of drug-likeness (QED) is 0.848. The summed E-state index contributed by atoms with van der Waals surface area (Å²) in [5.41, 5.74) is 1.52. The van der Waals surface area contributed by atoms with Crippen molar-refractivity contribution in [1.29, 1.82) is 0 Å². The minimum Gasteiger partial charge on any atom is -0.351 e. The largest absolute Gasteiger partial charge is 0.351 e. The highest BCUT2D eigenvalue weighted by Crippen LogP contribution is 2.23. The zero-order valence-electron chi connectivity index (χ0n) is 14.0. The van der Waals surface area contributed by atoms with Gasteiger partial charge in [-0.2, -0.15) is 0 Å². The van der Waals surface area contributed by atoms with E-state index >= 15 is 0 Å². The number of hydrogen-bond donors (Lipinski definition) is 1. The number of halogens is 1. The molecule has 0 radical (unpaired) electrons. The molecule has 1 saturated heterocycles. The van der Waals surface area contributed by atoms with Gasteiger partial charge in [0.25, 0.3) is 0 Å². The Bertz CT molecular complexity index is 741. The molecule has 0 atom stereocenters. The first kappa shape index (κ1) is 16.9. The van der Waals surface area contributed by atoms with Crippen LogP contribution in [0, 0.1) is 5.82 Å². The maximum Gasteiger partial charge on any atom is 0.317 e. The van der Waals surface area contributed by atoms with Gasteiger partial charge in [0.2, 0.25) is 0 Å². The van der Waals surface area contributed by atoms with Gasteiger partial charge in [0.05, 0.1) is 11.7 Å². The first-order chi connectivity index (χ1) is 12.1. The average molecular weight is 341 g/mol. The van der Waals surface area contributed by atoms with Gasteiger partial charge in [-0.1, -0.05) is 6.08 Å². The van der Waals surface area contributed by atoms with E-state index in [9.17, 15) is 9.18 Å². The van der Waals surface area contributed by atoms with Crippen molar-refractivity contribution in [3.63, 3.8) is 0 Å². The van der Waals surface area contributed by atoms with Crippen LogP contribution in [0.2, 0.25) is 0 Å². The molecule has 1 N–H and O–H groups in total. The number of aromatic nitrogens is 2. The Morgan fingerprint density at radius 1 is 1.32 bits per heavy atom. The molecule has 3 rings (SSSR count). The Morgan fingerprint density at radius 3 is 2.64 bits per heavy atom. The van der Waals surface area contributed by atoms with Crippen molar-refractivity contribution < 1.29 is 9.18 Å². The minimum atomic E-state index is -0.277. The summed E-state index contributed by atoms with van der Waals surface area (Å²) in [4.78, 5) is 15.7. The fourth-order valence-electron chi connectivity index (χ4n) is 2.61. The number of carbonyl (C=O) groups excluding carboxylic acids is 1. The lowest BCUT2D eigenvalue weighted by molar-refractivity contribution is 0.179. The standard InChI is InChI=1S/C18H20FN5O/c1-3-10-20-18(25)23(2)15-11-24(12-15)17-9-8-16(21-22-17)13-4-6-14(19)7-5-13/h3-9,15H,1,10-12H2,2H3,(H,20,25). The highest BCUT2D eigenvalue weighted by atomic mass is 19.1. The van der Waals surface area contributed by atoms with Crippen molar-refractivity contribution in [2.24, 2.45) is 0 Å². The maximum atomic E-state index is 13.0. The highest BCUT2D eigenvalue weighted by Gasteiger charge is 2.33. The number of likely N-dealkylation sites (N-methyl/N-ethyl adjacent to an activating group) is 1. The normalized spacial score (nSPS) is 13.9. The molecule has 1 aromatic carbocycles. The predicted molar refractivity (Wildman–Crippen MR) is 94.8 cm³/mol. The SMILES string of the molecule is C=CCNC(=O)N(C)C1CN(c2ccc(-c3ccc(F)cc3)nn2)C1. The van der Waals surface area contributed by atoms with Gasteiger partial charge in [0.15, 0.2) is 5.82 Å². The molecular formula is C18H20FN5O. The van der Waals surface area contributed by atoms with Crippen LogP contribution in [0.15, 0.2) is 49.1 Å². The summed E-state index contributed by atoms with van der Waals surface area (Å²) in [5.74, 6) is 0.489. The Hall–Kier alpha value is -2.96. The molecule has 0 bridgehead atoms. The minimum absolute atomic E-state index is 0.109. The van der Waals surface area contributed by atoms with E-state index < -0.39 is 0 Å². The van der Waals surface area contributed by atoms with Crippen LogP contribution < -0.4 is 10.2 Å². The number of urea groups is 1. The smallest absolute Gasteiger partial charge is 0.317 e. The van der Waals surface area contributed by atoms with Crippen molar-refractivity contribution in [3.8, 4) is 11.3 Å². The molecule has 1 fully saturated rings. The molecule has 25 heavy (non-hydrogen) atoms. The van der Waals surface area contributed by atoms with Crippen molar-refractivity contribution in [2.75, 3.05) is 31.6 Å². The molecule has 130 valence electrons. The molecule has 1 aliphatic rings. The monoisotopic (exact) mass is 341 g/mol. The molecule has 0 spiro atoms. The van der Waals surface area contributed by atoms with Crippen LogP contribution in [-0.2, 0) is 0 Å². The van der Waals surface area contributed by atoms with Crippen LogP contribution in [0.1, 0.15) is 0 Å². The summed E-state index contributed by atoms with van der Waals surface area (Å²) in [6.45, 7) is 5.46. The fraction of sp³-hybridized carbons (Fsp3) is 0.278. The molecule has 2 heterocycles. The molecule has 2 amide bonds. The van der Waals surface area contributed by atoms with Crippen LogP contribution in [0.25, 0.3) is 11.3 Å². The van der Waals surface area contributed by atoms with E-state index in [1.54, 1.807) is 30.2 Å². The van der Waals surface area contributed by atoms with Crippen LogP contribution in [0.5, 0.6) is 0 Å². The lowest BCUT2D eigenvalue weighted by Crippen LogP contribution is -2.61. The molecule has 1 aromatic heterocycles. The Kier molecular flexibility index (Phi) is 4.92. The summed E-state index contributed by atoms with van der Waals surface area (Å²) >= 11 is 0. The number of benzene rings is 1. The van der Waals surface area contributed by atoms with Gasteiger partial charge in [-0.25, -0.2) is 9.18 Å². The number of anilines is 1. The van der Waals surface area contributed by atoms with Gasteiger partial charge in [-0.15, -0.1) is 16.8 Å². The molecule has 0 saturated carbocycles. The molecule has 1 aliphatic heterocycles. The summed E-state index contributed by atoms with van der Waals surface area (Å²) in [6, 6.07) is 9.94. The third-order valence-electron chi connectivity index (χ3n) is 4.24. The van der Waals surface area contributed by atoms with E-state index in [-0.39, 0.29) is 17.9 Å². The average Bonchev–Trinajstić information content (AvgIpc) is 2.59. The summed E-state index contributed by atoms with van der Waals surface area (Å²) in [7, 11) is 1.78. The third-order valence-corrected chi connectivity index (χ3v) is 4.24. The second-order valence-electron chi connectivity index (χ2n) is 5.93. The highest BCUT2D eigenvalue weighted by molar-refractivity contribution is 5.75. The van der Waals surface area contributed by atoms with Crippen LogP contribution >= 0.6 is 0 Å². The fourth-order valence-corrected chi connectivity index (χ4v) is 2.61. The summed E-state index contributed by atoms with van der Waals surface area (Å²) in [6.07, 6.45) is 1.65. The number of nitrogens with zero attached hydrogens (tertiary/aromatic N) is 4. The zero-order chi connectivity index (χ0) is 17.8. The van der Waals surface area contributed by atoms with Crippen LogP contribution in [0.3, 0.4) is 0 Å². The number of amides is 2. The second kappa shape index (κ2) is 7.29. The van der Waals surface area contributed by atoms with Gasteiger partial charge in [-0.05, 0) is 36.4 Å². The molecule has 6 nitrogen and oxygen atoms in total. The summed E-state index contributed by atoms with van der Waals surface area (Å²) in [5, 5.41) is 11.2. The van der Waals surface area contributed by atoms with Crippen LogP contribution in [-0.4, -0.2) is 53.9 Å². The molecule has 0 aliphatic carbocycles. The molecule has 7 heteroatoms. The number of hydrogen-bond acceptors (Lipinski definition) is 4. The summed E-state index contributed by atoms with van der Waals surface area (Å²) < 4.78 is 13.0. The van der Waals surface area contributed by atoms with Gasteiger partial charge in [-0.3, -0.25) is 0 Å². The Balaban J connectivity index is 1.57. The zero-order valence-corrected chi connectivity index (χ0v) is 14.0. The second-order valence-corrected chi connectivity index (χ2v) is 5.93. The van der Waals surface area contributed by atoms with Crippen molar-refractivity contribution in [2.45, 2.75) is 6.04 Å². The molecular weight excluding hydrogens is 321 g/mol. The van der Waals surface area contributed by atoms with Gasteiger partial charge in [0, 0.05) is 32.2 Å². The van der Waals surface area contributed by atoms with Gasteiger partial charge >= 0.3 is 6.03 Å². The first-order valence-corrected chi connectivity index (χ1v) is 8.04. The van der Waals surface area contributed by atoms with E-state index in [1.807, 2.05) is 12.1 Å². The van der Waals surface area contributed by atoms with E-state index in [0.717, 1.165) is 11.4 Å².